The van der Waals surface area contributed by atoms with E-state index in [-0.39, 0.29) is 6.04 Å². The molecule has 0 radical (unpaired) electrons. The molecule has 1 aliphatic heterocycles. The van der Waals surface area contributed by atoms with E-state index in [1.165, 1.54) is 43.5 Å². The molecule has 19 heavy (non-hydrogen) atoms. The lowest BCUT2D eigenvalue weighted by atomic mass is 9.89. The highest BCUT2D eigenvalue weighted by molar-refractivity contribution is 5.30. The fraction of sp³-hybridized carbons (Fsp3) is 0.647. The molecule has 0 aromatic heterocycles. The number of likely N-dealkylation sites (tertiary alicyclic amines) is 1. The number of hydrogen-bond acceptors (Lipinski definition) is 2. The van der Waals surface area contributed by atoms with E-state index in [9.17, 15) is 0 Å². The van der Waals surface area contributed by atoms with Crippen LogP contribution < -0.4 is 5.73 Å². The number of nitrogens with zero attached hydrogens (tertiary/aromatic N) is 1. The van der Waals surface area contributed by atoms with Gasteiger partial charge >= 0.3 is 0 Å². The molecule has 2 nitrogen and oxygen atoms in total. The van der Waals surface area contributed by atoms with E-state index in [0.717, 1.165) is 5.92 Å². The second-order valence-electron chi connectivity index (χ2n) is 6.07. The van der Waals surface area contributed by atoms with E-state index < -0.39 is 0 Å². The Balaban J connectivity index is 2.23. The van der Waals surface area contributed by atoms with Crippen LogP contribution in [0, 0.1) is 12.8 Å². The van der Waals surface area contributed by atoms with Gasteiger partial charge in [-0.2, -0.15) is 0 Å². The highest BCUT2D eigenvalue weighted by Gasteiger charge is 2.29. The number of aryl methyl sites for hydroxylation is 1. The molecule has 1 saturated heterocycles. The van der Waals surface area contributed by atoms with Gasteiger partial charge in [-0.05, 0) is 50.3 Å². The van der Waals surface area contributed by atoms with Gasteiger partial charge in [0.2, 0.25) is 0 Å². The molecular weight excluding hydrogens is 232 g/mol. The number of hydrogen-bond donors (Lipinski definition) is 1. The maximum atomic E-state index is 6.31. The van der Waals surface area contributed by atoms with Crippen molar-refractivity contribution < 1.29 is 0 Å². The van der Waals surface area contributed by atoms with E-state index in [0.29, 0.717) is 6.04 Å². The van der Waals surface area contributed by atoms with Crippen molar-refractivity contribution in [2.24, 2.45) is 11.7 Å². The summed E-state index contributed by atoms with van der Waals surface area (Å²) in [5.74, 6) is 0.846. The zero-order valence-electron chi connectivity index (χ0n) is 12.6. The first-order valence-corrected chi connectivity index (χ1v) is 7.68. The van der Waals surface area contributed by atoms with Gasteiger partial charge in [0, 0.05) is 18.6 Å². The maximum Gasteiger partial charge on any atom is 0.0499 e. The van der Waals surface area contributed by atoms with Crippen LogP contribution in [0.3, 0.4) is 0 Å². The lowest BCUT2D eigenvalue weighted by Crippen LogP contribution is -2.44. The number of rotatable bonds is 4. The van der Waals surface area contributed by atoms with Gasteiger partial charge in [0.15, 0.2) is 0 Å². The summed E-state index contributed by atoms with van der Waals surface area (Å²) in [7, 11) is 0. The molecule has 3 unspecified atom stereocenters. The summed E-state index contributed by atoms with van der Waals surface area (Å²) < 4.78 is 0. The molecule has 2 heteroatoms. The molecule has 1 aromatic carbocycles. The Labute approximate surface area is 118 Å². The van der Waals surface area contributed by atoms with Crippen molar-refractivity contribution in [2.75, 3.05) is 13.1 Å². The molecule has 0 bridgehead atoms. The molecule has 106 valence electrons. The minimum absolute atomic E-state index is 0.178. The first-order valence-electron chi connectivity index (χ1n) is 7.68. The second-order valence-corrected chi connectivity index (χ2v) is 6.07. The highest BCUT2D eigenvalue weighted by atomic mass is 15.2. The Bertz CT molecular complexity index is 400. The average Bonchev–Trinajstić information content (AvgIpc) is 2.41. The van der Waals surface area contributed by atoms with E-state index >= 15 is 0 Å². The summed E-state index contributed by atoms with van der Waals surface area (Å²) in [5, 5.41) is 0. The molecule has 0 aliphatic carbocycles. The summed E-state index contributed by atoms with van der Waals surface area (Å²) in [6, 6.07) is 9.25. The average molecular weight is 260 g/mol. The van der Waals surface area contributed by atoms with Gasteiger partial charge in [-0.1, -0.05) is 37.6 Å². The molecule has 1 heterocycles. The summed E-state index contributed by atoms with van der Waals surface area (Å²) in [6.45, 7) is 9.05. The summed E-state index contributed by atoms with van der Waals surface area (Å²) in [5.41, 5.74) is 9.09. The van der Waals surface area contributed by atoms with Crippen LogP contribution >= 0.6 is 0 Å². The van der Waals surface area contributed by atoms with Crippen molar-refractivity contribution in [1.29, 1.82) is 0 Å². The van der Waals surface area contributed by atoms with Crippen LogP contribution in [0.15, 0.2) is 24.3 Å². The third-order valence-corrected chi connectivity index (χ3v) is 4.53. The topological polar surface area (TPSA) is 29.3 Å². The van der Waals surface area contributed by atoms with Crippen LogP contribution in [0.4, 0.5) is 0 Å². The van der Waals surface area contributed by atoms with Crippen molar-refractivity contribution in [3.63, 3.8) is 0 Å². The molecular formula is C17H28N2. The number of nitrogens with two attached hydrogens (primary N) is 1. The van der Waals surface area contributed by atoms with Crippen molar-refractivity contribution >= 4 is 0 Å². The van der Waals surface area contributed by atoms with E-state index in [4.69, 9.17) is 5.73 Å². The maximum absolute atomic E-state index is 6.31. The quantitative estimate of drug-likeness (QED) is 0.897. The smallest absolute Gasteiger partial charge is 0.0499 e. The fourth-order valence-electron chi connectivity index (χ4n) is 3.41. The molecule has 0 spiro atoms. The normalized spacial score (nSPS) is 24.1. The summed E-state index contributed by atoms with van der Waals surface area (Å²) in [4.78, 5) is 2.62. The molecule has 1 fully saturated rings. The van der Waals surface area contributed by atoms with Gasteiger partial charge in [-0.3, -0.25) is 4.90 Å². The summed E-state index contributed by atoms with van der Waals surface area (Å²) in [6.07, 6.45) is 3.98. The predicted octanol–water partition coefficient (Wildman–Crippen LogP) is 3.51. The van der Waals surface area contributed by atoms with Gasteiger partial charge < -0.3 is 5.73 Å². The van der Waals surface area contributed by atoms with Gasteiger partial charge in [0.05, 0.1) is 0 Å². The number of benzene rings is 1. The van der Waals surface area contributed by atoms with Crippen LogP contribution in [-0.4, -0.2) is 24.0 Å². The SMILES string of the molecule is CCC1CCCN(C(c2ccccc2C)C(C)N)C1. The van der Waals surface area contributed by atoms with Gasteiger partial charge in [0.1, 0.15) is 0 Å². The van der Waals surface area contributed by atoms with Crippen LogP contribution in [0.2, 0.25) is 0 Å². The molecule has 2 rings (SSSR count). The fourth-order valence-corrected chi connectivity index (χ4v) is 3.41. The monoisotopic (exact) mass is 260 g/mol. The minimum atomic E-state index is 0.178. The Morgan fingerprint density at radius 3 is 2.74 bits per heavy atom. The first kappa shape index (κ1) is 14.5. The Hall–Kier alpha value is -0.860. The van der Waals surface area contributed by atoms with Gasteiger partial charge in [-0.25, -0.2) is 0 Å². The zero-order chi connectivity index (χ0) is 13.8. The number of piperidine rings is 1. The minimum Gasteiger partial charge on any atom is -0.326 e. The lowest BCUT2D eigenvalue weighted by molar-refractivity contribution is 0.108. The second kappa shape index (κ2) is 6.53. The van der Waals surface area contributed by atoms with Crippen molar-refractivity contribution in [2.45, 2.75) is 52.1 Å². The first-order chi connectivity index (χ1) is 9.13. The lowest BCUT2D eigenvalue weighted by Gasteiger charge is -2.40. The van der Waals surface area contributed by atoms with Gasteiger partial charge in [0.25, 0.3) is 0 Å². The van der Waals surface area contributed by atoms with Crippen LogP contribution in [0.1, 0.15) is 50.3 Å². The van der Waals surface area contributed by atoms with Crippen molar-refractivity contribution in [3.05, 3.63) is 35.4 Å². The largest absolute Gasteiger partial charge is 0.326 e. The van der Waals surface area contributed by atoms with Crippen LogP contribution in [-0.2, 0) is 0 Å². The highest BCUT2D eigenvalue weighted by Crippen LogP contribution is 2.31. The summed E-state index contributed by atoms with van der Waals surface area (Å²) >= 11 is 0. The van der Waals surface area contributed by atoms with Gasteiger partial charge in [-0.15, -0.1) is 0 Å². The predicted molar refractivity (Wildman–Crippen MR) is 82.2 cm³/mol. The van der Waals surface area contributed by atoms with E-state index in [1.54, 1.807) is 0 Å². The third-order valence-electron chi connectivity index (χ3n) is 4.53. The third kappa shape index (κ3) is 3.37. The molecule has 1 aromatic rings. The molecule has 1 aliphatic rings. The Morgan fingerprint density at radius 1 is 1.37 bits per heavy atom. The zero-order valence-corrected chi connectivity index (χ0v) is 12.6. The van der Waals surface area contributed by atoms with Crippen LogP contribution in [0.5, 0.6) is 0 Å². The molecule has 0 amide bonds. The van der Waals surface area contributed by atoms with E-state index in [2.05, 4.69) is 49.9 Å². The standard InChI is InChI=1S/C17H28N2/c1-4-15-9-7-11-19(12-15)17(14(3)18)16-10-6-5-8-13(16)2/h5-6,8,10,14-15,17H,4,7,9,11-12,18H2,1-3H3. The van der Waals surface area contributed by atoms with Crippen molar-refractivity contribution in [1.82, 2.24) is 4.90 Å². The molecule has 2 N–H and O–H groups in total. The molecule has 0 saturated carbocycles. The van der Waals surface area contributed by atoms with Crippen LogP contribution in [0.25, 0.3) is 0 Å². The Kier molecular flexibility index (Phi) is 5.00. The van der Waals surface area contributed by atoms with Crippen molar-refractivity contribution in [3.8, 4) is 0 Å². The Morgan fingerprint density at radius 2 is 2.11 bits per heavy atom. The molecule has 3 atom stereocenters. The van der Waals surface area contributed by atoms with E-state index in [1.807, 2.05) is 0 Å².